The summed E-state index contributed by atoms with van der Waals surface area (Å²) in [6.45, 7) is 4.66. The number of unbranched alkanes of at least 4 members (excludes halogenated alkanes) is 3. The first-order valence-corrected chi connectivity index (χ1v) is 7.97. The van der Waals surface area contributed by atoms with Gasteiger partial charge < -0.3 is 5.32 Å². The molecule has 0 unspecified atom stereocenters. The average Bonchev–Trinajstić information content (AvgIpc) is 2.41. The van der Waals surface area contributed by atoms with Crippen LogP contribution in [0.15, 0.2) is 16.0 Å². The second-order valence-electron chi connectivity index (χ2n) is 4.78. The summed E-state index contributed by atoms with van der Waals surface area (Å²) >= 11 is 1.29. The van der Waals surface area contributed by atoms with Crippen molar-refractivity contribution in [1.29, 1.82) is 0 Å². The van der Waals surface area contributed by atoms with Gasteiger partial charge in [-0.2, -0.15) is 0 Å². The van der Waals surface area contributed by atoms with Gasteiger partial charge in [0.2, 0.25) is 5.91 Å². The zero-order valence-electron chi connectivity index (χ0n) is 12.4. The van der Waals surface area contributed by atoms with Crippen LogP contribution in [0.2, 0.25) is 0 Å². The molecule has 0 saturated heterocycles. The van der Waals surface area contributed by atoms with Gasteiger partial charge in [0.05, 0.1) is 5.75 Å². The molecule has 1 amide bonds. The maximum atomic E-state index is 11.7. The van der Waals surface area contributed by atoms with Crippen LogP contribution in [0.1, 0.15) is 38.3 Å². The van der Waals surface area contributed by atoms with E-state index in [9.17, 15) is 9.59 Å². The van der Waals surface area contributed by atoms with Crippen LogP contribution in [0.4, 0.5) is 0 Å². The molecule has 112 valence electrons. The minimum Gasteiger partial charge on any atom is -0.355 e. The number of nitrogens with one attached hydrogen (secondary N) is 1. The number of aromatic nitrogens is 2. The van der Waals surface area contributed by atoms with Crippen molar-refractivity contribution in [1.82, 2.24) is 14.9 Å². The first kappa shape index (κ1) is 16.8. The summed E-state index contributed by atoms with van der Waals surface area (Å²) in [5, 5.41) is 3.47. The lowest BCUT2D eigenvalue weighted by molar-refractivity contribution is -0.118. The molecule has 0 atom stereocenters. The topological polar surface area (TPSA) is 64.0 Å². The monoisotopic (exact) mass is 297 g/mol. The minimum absolute atomic E-state index is 0.0118. The summed E-state index contributed by atoms with van der Waals surface area (Å²) in [5.41, 5.74) is 0.579. The summed E-state index contributed by atoms with van der Waals surface area (Å²) in [6, 6.07) is 1.48. The van der Waals surface area contributed by atoms with Crippen molar-refractivity contribution in [2.24, 2.45) is 7.05 Å². The van der Waals surface area contributed by atoms with Crippen LogP contribution in [0, 0.1) is 6.92 Å². The van der Waals surface area contributed by atoms with Crippen LogP contribution in [0.3, 0.4) is 0 Å². The number of thioether (sulfide) groups is 1. The first-order chi connectivity index (χ1) is 9.54. The highest BCUT2D eigenvalue weighted by molar-refractivity contribution is 7.99. The van der Waals surface area contributed by atoms with Crippen LogP contribution in [-0.4, -0.2) is 27.8 Å². The predicted molar refractivity (Wildman–Crippen MR) is 82.1 cm³/mol. The van der Waals surface area contributed by atoms with E-state index >= 15 is 0 Å². The van der Waals surface area contributed by atoms with E-state index in [1.165, 1.54) is 35.2 Å². The molecule has 0 spiro atoms. The van der Waals surface area contributed by atoms with Gasteiger partial charge in [0.25, 0.3) is 5.56 Å². The molecule has 1 N–H and O–H groups in total. The normalized spacial score (nSPS) is 10.6. The van der Waals surface area contributed by atoms with E-state index in [1.54, 1.807) is 14.0 Å². The fourth-order valence-corrected chi connectivity index (χ4v) is 2.57. The molecule has 5 nitrogen and oxygen atoms in total. The van der Waals surface area contributed by atoms with Gasteiger partial charge in [-0.3, -0.25) is 14.2 Å². The molecule has 0 aromatic carbocycles. The maximum Gasteiger partial charge on any atom is 0.254 e. The van der Waals surface area contributed by atoms with E-state index in [0.29, 0.717) is 10.9 Å². The molecule has 0 radical (unpaired) electrons. The Morgan fingerprint density at radius 1 is 1.40 bits per heavy atom. The molecule has 0 saturated carbocycles. The zero-order valence-corrected chi connectivity index (χ0v) is 13.3. The number of carbonyl (C=O) groups is 1. The lowest BCUT2D eigenvalue weighted by atomic mass is 10.2. The molecule has 0 bridgehead atoms. The van der Waals surface area contributed by atoms with Crippen LogP contribution >= 0.6 is 11.8 Å². The molecule has 6 heteroatoms. The molecule has 0 aliphatic carbocycles. The van der Waals surface area contributed by atoms with E-state index in [4.69, 9.17) is 0 Å². The largest absolute Gasteiger partial charge is 0.355 e. The number of nitrogens with zero attached hydrogens (tertiary/aromatic N) is 2. The van der Waals surface area contributed by atoms with E-state index < -0.39 is 0 Å². The Morgan fingerprint density at radius 2 is 2.15 bits per heavy atom. The highest BCUT2D eigenvalue weighted by Crippen LogP contribution is 2.12. The third kappa shape index (κ3) is 5.77. The Bertz CT molecular complexity index is 500. The average molecular weight is 297 g/mol. The standard InChI is InChI=1S/C14H23N3O2S/c1-4-5-6-7-8-15-12(18)10-20-14-16-11(2)9-13(19)17(14)3/h9H,4-8,10H2,1-3H3,(H,15,18). The number of hydrogen-bond acceptors (Lipinski definition) is 4. The Hall–Kier alpha value is -1.30. The van der Waals surface area contributed by atoms with Gasteiger partial charge in [0.1, 0.15) is 0 Å². The van der Waals surface area contributed by atoms with Crippen molar-refractivity contribution in [3.63, 3.8) is 0 Å². The van der Waals surface area contributed by atoms with Gasteiger partial charge in [-0.1, -0.05) is 37.9 Å². The fraction of sp³-hybridized carbons (Fsp3) is 0.643. The second kappa shape index (κ2) is 8.79. The van der Waals surface area contributed by atoms with E-state index in [-0.39, 0.29) is 17.2 Å². The lowest BCUT2D eigenvalue weighted by Crippen LogP contribution is -2.27. The van der Waals surface area contributed by atoms with Gasteiger partial charge in [-0.25, -0.2) is 4.98 Å². The zero-order chi connectivity index (χ0) is 15.0. The van der Waals surface area contributed by atoms with Crippen molar-refractivity contribution in [2.75, 3.05) is 12.3 Å². The van der Waals surface area contributed by atoms with Crippen LogP contribution in [0.5, 0.6) is 0 Å². The van der Waals surface area contributed by atoms with Gasteiger partial charge in [0, 0.05) is 25.4 Å². The summed E-state index contributed by atoms with van der Waals surface area (Å²) < 4.78 is 1.46. The van der Waals surface area contributed by atoms with Gasteiger partial charge in [-0.05, 0) is 13.3 Å². The molecule has 0 aliphatic rings. The smallest absolute Gasteiger partial charge is 0.254 e. The third-order valence-electron chi connectivity index (χ3n) is 2.91. The van der Waals surface area contributed by atoms with E-state index in [2.05, 4.69) is 17.2 Å². The Kier molecular flexibility index (Phi) is 7.36. The SMILES string of the molecule is CCCCCCNC(=O)CSc1nc(C)cc(=O)n1C. The van der Waals surface area contributed by atoms with Crippen LogP contribution < -0.4 is 10.9 Å². The quantitative estimate of drug-likeness (QED) is 0.452. The Labute approximate surface area is 124 Å². The van der Waals surface area contributed by atoms with E-state index in [1.807, 2.05) is 0 Å². The number of hydrogen-bond donors (Lipinski definition) is 1. The maximum absolute atomic E-state index is 11.7. The van der Waals surface area contributed by atoms with Crippen LogP contribution in [-0.2, 0) is 11.8 Å². The number of carbonyl (C=O) groups excluding carboxylic acids is 1. The van der Waals surface area contributed by atoms with Crippen molar-refractivity contribution in [3.8, 4) is 0 Å². The highest BCUT2D eigenvalue weighted by Gasteiger charge is 2.07. The van der Waals surface area contributed by atoms with Gasteiger partial charge in [0.15, 0.2) is 5.16 Å². The summed E-state index contributed by atoms with van der Waals surface area (Å²) in [7, 11) is 1.67. The number of amides is 1. The molecule has 1 rings (SSSR count). The van der Waals surface area contributed by atoms with Crippen molar-refractivity contribution >= 4 is 17.7 Å². The molecule has 0 fully saturated rings. The molecule has 0 aliphatic heterocycles. The second-order valence-corrected chi connectivity index (χ2v) is 5.72. The number of rotatable bonds is 8. The summed E-state index contributed by atoms with van der Waals surface area (Å²) in [5.74, 6) is 0.277. The first-order valence-electron chi connectivity index (χ1n) is 6.98. The molecule has 1 heterocycles. The van der Waals surface area contributed by atoms with Crippen molar-refractivity contribution in [2.45, 2.75) is 44.7 Å². The van der Waals surface area contributed by atoms with Gasteiger partial charge in [-0.15, -0.1) is 0 Å². The number of aryl methyl sites for hydroxylation is 1. The molecular weight excluding hydrogens is 274 g/mol. The Balaban J connectivity index is 2.36. The van der Waals surface area contributed by atoms with Crippen molar-refractivity contribution in [3.05, 3.63) is 22.1 Å². The predicted octanol–water partition coefficient (Wildman–Crippen LogP) is 1.88. The lowest BCUT2D eigenvalue weighted by Gasteiger charge is -2.08. The van der Waals surface area contributed by atoms with Crippen molar-refractivity contribution < 1.29 is 4.79 Å². The summed E-state index contributed by atoms with van der Waals surface area (Å²) in [6.07, 6.45) is 4.57. The summed E-state index contributed by atoms with van der Waals surface area (Å²) in [4.78, 5) is 27.5. The third-order valence-corrected chi connectivity index (χ3v) is 3.94. The highest BCUT2D eigenvalue weighted by atomic mass is 32.2. The molecule has 1 aromatic rings. The fourth-order valence-electron chi connectivity index (χ4n) is 1.72. The minimum atomic E-state index is -0.0972. The van der Waals surface area contributed by atoms with Crippen LogP contribution in [0.25, 0.3) is 0 Å². The molecule has 20 heavy (non-hydrogen) atoms. The Morgan fingerprint density at radius 3 is 2.85 bits per heavy atom. The van der Waals surface area contributed by atoms with Gasteiger partial charge >= 0.3 is 0 Å². The molecular formula is C14H23N3O2S. The van der Waals surface area contributed by atoms with E-state index in [0.717, 1.165) is 19.4 Å². The molecule has 1 aromatic heterocycles.